The highest BCUT2D eigenvalue weighted by Gasteiger charge is 2.29. The molecule has 31 heavy (non-hydrogen) atoms. The van der Waals surface area contributed by atoms with Gasteiger partial charge < -0.3 is 19.3 Å². The maximum atomic E-state index is 13.4. The molecule has 1 aromatic carbocycles. The summed E-state index contributed by atoms with van der Waals surface area (Å²) >= 11 is 0. The van der Waals surface area contributed by atoms with Crippen molar-refractivity contribution >= 4 is 6.09 Å². The molecule has 1 aliphatic carbocycles. The summed E-state index contributed by atoms with van der Waals surface area (Å²) in [4.78, 5) is 16.8. The van der Waals surface area contributed by atoms with Gasteiger partial charge in [0.05, 0.1) is 6.10 Å². The van der Waals surface area contributed by atoms with Crippen molar-refractivity contribution in [3.05, 3.63) is 29.8 Å². The molecule has 2 aliphatic rings. The van der Waals surface area contributed by atoms with Crippen LogP contribution in [0.1, 0.15) is 64.7 Å². The van der Waals surface area contributed by atoms with Crippen molar-refractivity contribution in [2.75, 3.05) is 32.8 Å². The van der Waals surface area contributed by atoms with E-state index in [2.05, 4.69) is 4.90 Å². The second-order valence-electron chi connectivity index (χ2n) is 8.64. The molecule has 7 heteroatoms. The van der Waals surface area contributed by atoms with E-state index in [1.165, 1.54) is 51.4 Å². The molecule has 0 aromatic heterocycles. The summed E-state index contributed by atoms with van der Waals surface area (Å²) in [5.74, 6) is -1.97. The Morgan fingerprint density at radius 3 is 2.48 bits per heavy atom. The van der Waals surface area contributed by atoms with Crippen molar-refractivity contribution in [3.63, 3.8) is 0 Å². The van der Waals surface area contributed by atoms with Crippen molar-refractivity contribution in [1.82, 2.24) is 9.80 Å². The number of piperidine rings is 1. The average Bonchev–Trinajstić information content (AvgIpc) is 2.78. The van der Waals surface area contributed by atoms with Crippen LogP contribution in [0.4, 0.5) is 13.6 Å². The van der Waals surface area contributed by atoms with Gasteiger partial charge in [0.15, 0.2) is 11.6 Å². The van der Waals surface area contributed by atoms with E-state index in [4.69, 9.17) is 9.47 Å². The molecule has 1 saturated carbocycles. The lowest BCUT2D eigenvalue weighted by Gasteiger charge is -2.35. The van der Waals surface area contributed by atoms with Crippen LogP contribution in [0.25, 0.3) is 0 Å². The molecule has 0 atom stereocenters. The molecule has 1 aromatic rings. The van der Waals surface area contributed by atoms with Gasteiger partial charge >= 0.3 is 6.09 Å². The third-order valence-corrected chi connectivity index (χ3v) is 6.43. The number of hydrogen-bond donors (Lipinski definition) is 0. The molecule has 174 valence electrons. The van der Waals surface area contributed by atoms with E-state index in [1.807, 2.05) is 6.92 Å². The molecule has 1 aliphatic heterocycles. The van der Waals surface area contributed by atoms with E-state index in [0.717, 1.165) is 50.8 Å². The first-order valence-corrected chi connectivity index (χ1v) is 11.8. The summed E-state index contributed by atoms with van der Waals surface area (Å²) < 4.78 is 37.8. The summed E-state index contributed by atoms with van der Waals surface area (Å²) in [5, 5.41) is 0. The molecule has 0 radical (unpaired) electrons. The fraction of sp³-hybridized carbons (Fsp3) is 0.708. The van der Waals surface area contributed by atoms with Crippen LogP contribution in [0.15, 0.2) is 18.2 Å². The maximum Gasteiger partial charge on any atom is 0.415 e. The molecule has 5 nitrogen and oxygen atoms in total. The Labute approximate surface area is 184 Å². The highest BCUT2D eigenvalue weighted by Crippen LogP contribution is 2.26. The van der Waals surface area contributed by atoms with Crippen molar-refractivity contribution < 1.29 is 23.0 Å². The minimum Gasteiger partial charge on any atom is -0.410 e. The lowest BCUT2D eigenvalue weighted by Crippen LogP contribution is -2.44. The lowest BCUT2D eigenvalue weighted by atomic mass is 9.92. The molecule has 0 unspecified atom stereocenters. The normalized spacial score (nSPS) is 22.3. The number of unbranched alkanes of at least 4 members (excludes halogenated alkanes) is 1. The minimum absolute atomic E-state index is 0.0175. The summed E-state index contributed by atoms with van der Waals surface area (Å²) in [7, 11) is 0. The van der Waals surface area contributed by atoms with Crippen LogP contribution in [-0.2, 0) is 4.74 Å². The van der Waals surface area contributed by atoms with Gasteiger partial charge in [0.1, 0.15) is 5.75 Å². The molecule has 1 saturated heterocycles. The summed E-state index contributed by atoms with van der Waals surface area (Å²) in [5.41, 5.74) is 0. The second kappa shape index (κ2) is 12.3. The number of ether oxygens (including phenoxy) is 2. The zero-order chi connectivity index (χ0) is 22.1. The van der Waals surface area contributed by atoms with Crippen LogP contribution in [0.2, 0.25) is 0 Å². The van der Waals surface area contributed by atoms with Gasteiger partial charge in [0, 0.05) is 25.3 Å². The van der Waals surface area contributed by atoms with Crippen LogP contribution in [0.5, 0.6) is 5.75 Å². The highest BCUT2D eigenvalue weighted by atomic mass is 19.2. The first kappa shape index (κ1) is 23.9. The average molecular weight is 439 g/mol. The van der Waals surface area contributed by atoms with E-state index in [9.17, 15) is 13.6 Å². The minimum atomic E-state index is -1.03. The van der Waals surface area contributed by atoms with E-state index in [1.54, 1.807) is 4.90 Å². The number of hydrogen-bond acceptors (Lipinski definition) is 4. The summed E-state index contributed by atoms with van der Waals surface area (Å²) in [6.45, 7) is 6.89. The zero-order valence-corrected chi connectivity index (χ0v) is 18.7. The number of rotatable bonds is 9. The SMILES string of the molecule is CCN(C(=O)Oc1ccc(F)c(F)c1)C1CCC(OCCCCN2CCCCC2)CC1. The second-order valence-corrected chi connectivity index (χ2v) is 8.64. The van der Waals surface area contributed by atoms with Crippen molar-refractivity contribution in [2.45, 2.75) is 76.9 Å². The number of carbonyl (C=O) groups is 1. The fourth-order valence-corrected chi connectivity index (χ4v) is 4.63. The Balaban J connectivity index is 1.34. The van der Waals surface area contributed by atoms with Gasteiger partial charge in [-0.1, -0.05) is 6.42 Å². The van der Waals surface area contributed by atoms with E-state index in [-0.39, 0.29) is 17.9 Å². The molecule has 1 amide bonds. The third kappa shape index (κ3) is 7.42. The van der Waals surface area contributed by atoms with Crippen LogP contribution in [0, 0.1) is 11.6 Å². The van der Waals surface area contributed by atoms with E-state index >= 15 is 0 Å². The quantitative estimate of drug-likeness (QED) is 0.486. The van der Waals surface area contributed by atoms with Crippen LogP contribution in [0.3, 0.4) is 0 Å². The Kier molecular flexibility index (Phi) is 9.53. The fourth-order valence-electron chi connectivity index (χ4n) is 4.63. The molecule has 0 spiro atoms. The topological polar surface area (TPSA) is 42.0 Å². The molecular weight excluding hydrogens is 402 g/mol. The standard InChI is InChI=1S/C24H36F2N2O3/c1-2-28(24(29)31-21-12-13-22(25)23(26)18-21)19-8-10-20(11-9-19)30-17-7-6-16-27-14-4-3-5-15-27/h12-13,18-20H,2-11,14-17H2,1H3. The molecular formula is C24H36F2N2O3. The van der Waals surface area contributed by atoms with E-state index in [0.29, 0.717) is 6.54 Å². The number of carbonyl (C=O) groups excluding carboxylic acids is 1. The number of benzene rings is 1. The summed E-state index contributed by atoms with van der Waals surface area (Å²) in [6, 6.07) is 3.21. The number of likely N-dealkylation sites (tertiary alicyclic amines) is 1. The predicted molar refractivity (Wildman–Crippen MR) is 116 cm³/mol. The Morgan fingerprint density at radius 2 is 1.81 bits per heavy atom. The Bertz CT molecular complexity index is 689. The highest BCUT2D eigenvalue weighted by molar-refractivity contribution is 5.71. The molecule has 0 bridgehead atoms. The van der Waals surface area contributed by atoms with Crippen molar-refractivity contribution in [2.24, 2.45) is 0 Å². The van der Waals surface area contributed by atoms with Gasteiger partial charge in [0.2, 0.25) is 0 Å². The smallest absolute Gasteiger partial charge is 0.410 e. The van der Waals surface area contributed by atoms with Gasteiger partial charge in [-0.15, -0.1) is 0 Å². The predicted octanol–water partition coefficient (Wildman–Crippen LogP) is 5.38. The number of halogens is 2. The van der Waals surface area contributed by atoms with Gasteiger partial charge in [-0.2, -0.15) is 0 Å². The van der Waals surface area contributed by atoms with Gasteiger partial charge in [-0.05, 0) is 90.1 Å². The monoisotopic (exact) mass is 438 g/mol. The third-order valence-electron chi connectivity index (χ3n) is 6.43. The van der Waals surface area contributed by atoms with Crippen LogP contribution >= 0.6 is 0 Å². The Hall–Kier alpha value is -1.73. The zero-order valence-electron chi connectivity index (χ0n) is 18.7. The first-order valence-electron chi connectivity index (χ1n) is 11.8. The molecule has 0 N–H and O–H groups in total. The van der Waals surface area contributed by atoms with Gasteiger partial charge in [-0.3, -0.25) is 0 Å². The van der Waals surface area contributed by atoms with Crippen molar-refractivity contribution in [1.29, 1.82) is 0 Å². The number of nitrogens with zero attached hydrogens (tertiary/aromatic N) is 2. The van der Waals surface area contributed by atoms with Crippen LogP contribution < -0.4 is 4.74 Å². The molecule has 1 heterocycles. The van der Waals surface area contributed by atoms with Gasteiger partial charge in [0.25, 0.3) is 0 Å². The van der Waals surface area contributed by atoms with E-state index < -0.39 is 17.7 Å². The summed E-state index contributed by atoms with van der Waals surface area (Å²) in [6.07, 6.45) is 9.64. The molecule has 3 rings (SSSR count). The molecule has 2 fully saturated rings. The maximum absolute atomic E-state index is 13.4. The van der Waals surface area contributed by atoms with Crippen LogP contribution in [-0.4, -0.2) is 60.8 Å². The lowest BCUT2D eigenvalue weighted by molar-refractivity contribution is 0.00762. The Morgan fingerprint density at radius 1 is 1.06 bits per heavy atom. The van der Waals surface area contributed by atoms with Gasteiger partial charge in [-0.25, -0.2) is 13.6 Å². The van der Waals surface area contributed by atoms with Crippen molar-refractivity contribution in [3.8, 4) is 5.75 Å². The first-order chi connectivity index (χ1) is 15.1. The largest absolute Gasteiger partial charge is 0.415 e. The number of amides is 1.